The van der Waals surface area contributed by atoms with Crippen molar-refractivity contribution in [3.8, 4) is 0 Å². The van der Waals surface area contributed by atoms with Gasteiger partial charge >= 0.3 is 0 Å². The fraction of sp³-hybridized carbons (Fsp3) is 0. The fourth-order valence-corrected chi connectivity index (χ4v) is 3.84. The van der Waals surface area contributed by atoms with Crippen LogP contribution in [0.4, 0.5) is 11.4 Å². The quantitative estimate of drug-likeness (QED) is 0.626. The van der Waals surface area contributed by atoms with Crippen molar-refractivity contribution in [3.63, 3.8) is 0 Å². The molecule has 0 saturated heterocycles. The van der Waals surface area contributed by atoms with Gasteiger partial charge in [0.2, 0.25) is 5.91 Å². The summed E-state index contributed by atoms with van der Waals surface area (Å²) in [5.74, 6) is -0.281. The number of hydrogen-bond donors (Lipinski definition) is 2. The van der Waals surface area contributed by atoms with Crippen LogP contribution in [-0.4, -0.2) is 14.3 Å². The van der Waals surface area contributed by atoms with Crippen molar-refractivity contribution in [2.24, 2.45) is 0 Å². The highest BCUT2D eigenvalue weighted by molar-refractivity contribution is 7.92. The molecule has 0 aliphatic carbocycles. The number of hydrogen-bond acceptors (Lipinski definition) is 4. The molecule has 2 aromatic carbocycles. The third-order valence-electron chi connectivity index (χ3n) is 3.40. The zero-order chi connectivity index (χ0) is 18.4. The van der Waals surface area contributed by atoms with Gasteiger partial charge in [0.05, 0.1) is 4.90 Å². The van der Waals surface area contributed by atoms with E-state index in [0.717, 1.165) is 4.88 Å². The van der Waals surface area contributed by atoms with Gasteiger partial charge in [-0.05, 0) is 53.9 Å². The molecular formula is C19H16N2O3S2. The molecule has 0 saturated carbocycles. The first-order valence-electron chi connectivity index (χ1n) is 7.73. The summed E-state index contributed by atoms with van der Waals surface area (Å²) in [6.45, 7) is 0. The molecule has 1 heterocycles. The summed E-state index contributed by atoms with van der Waals surface area (Å²) in [5, 5.41) is 4.63. The molecule has 0 spiro atoms. The Labute approximate surface area is 156 Å². The molecule has 2 N–H and O–H groups in total. The standard InChI is InChI=1S/C19H16N2O3S2/c22-19(13-10-17-7-4-14-25-17)20-15-8-11-18(12-9-15)26(23,24)21-16-5-2-1-3-6-16/h1-14,21H,(H,20,22). The smallest absolute Gasteiger partial charge is 0.261 e. The number of carbonyl (C=O) groups excluding carboxylic acids is 1. The second kappa shape index (κ2) is 7.99. The van der Waals surface area contributed by atoms with Crippen LogP contribution in [-0.2, 0) is 14.8 Å². The lowest BCUT2D eigenvalue weighted by atomic mass is 10.3. The Morgan fingerprint density at radius 3 is 2.27 bits per heavy atom. The van der Waals surface area contributed by atoms with E-state index in [1.165, 1.54) is 29.5 Å². The number of benzene rings is 2. The van der Waals surface area contributed by atoms with Gasteiger partial charge in [0.1, 0.15) is 0 Å². The van der Waals surface area contributed by atoms with Crippen LogP contribution in [0.25, 0.3) is 6.08 Å². The molecule has 7 heteroatoms. The van der Waals surface area contributed by atoms with Crippen molar-refractivity contribution in [2.75, 3.05) is 10.0 Å². The van der Waals surface area contributed by atoms with E-state index in [1.54, 1.807) is 42.5 Å². The Hall–Kier alpha value is -2.90. The van der Waals surface area contributed by atoms with Crippen LogP contribution < -0.4 is 10.0 Å². The highest BCUT2D eigenvalue weighted by atomic mass is 32.2. The summed E-state index contributed by atoms with van der Waals surface area (Å²) >= 11 is 1.54. The molecule has 1 aromatic heterocycles. The van der Waals surface area contributed by atoms with Crippen molar-refractivity contribution >= 4 is 44.7 Å². The predicted octanol–water partition coefficient (Wildman–Crippen LogP) is 4.20. The van der Waals surface area contributed by atoms with E-state index in [9.17, 15) is 13.2 Å². The van der Waals surface area contributed by atoms with Crippen LogP contribution >= 0.6 is 11.3 Å². The van der Waals surface area contributed by atoms with E-state index in [-0.39, 0.29) is 10.8 Å². The average molecular weight is 384 g/mol. The maximum atomic E-state index is 12.4. The lowest BCUT2D eigenvalue weighted by Gasteiger charge is -2.09. The molecule has 5 nitrogen and oxygen atoms in total. The molecule has 0 unspecified atom stereocenters. The van der Waals surface area contributed by atoms with Gasteiger partial charge in [-0.3, -0.25) is 9.52 Å². The third kappa shape index (κ3) is 4.81. The summed E-state index contributed by atoms with van der Waals surface area (Å²) in [7, 11) is -3.67. The molecular weight excluding hydrogens is 368 g/mol. The maximum absolute atomic E-state index is 12.4. The number of nitrogens with one attached hydrogen (secondary N) is 2. The average Bonchev–Trinajstić information content (AvgIpc) is 3.14. The van der Waals surface area contributed by atoms with E-state index < -0.39 is 10.0 Å². The summed E-state index contributed by atoms with van der Waals surface area (Å²) < 4.78 is 27.2. The van der Waals surface area contributed by atoms with Gasteiger partial charge in [-0.25, -0.2) is 8.42 Å². The fourth-order valence-electron chi connectivity index (χ4n) is 2.17. The highest BCUT2D eigenvalue weighted by Gasteiger charge is 2.13. The molecule has 0 aliphatic heterocycles. The molecule has 0 fully saturated rings. The number of anilines is 2. The highest BCUT2D eigenvalue weighted by Crippen LogP contribution is 2.18. The summed E-state index contributed by atoms with van der Waals surface area (Å²) in [4.78, 5) is 13.0. The van der Waals surface area contributed by atoms with Gasteiger partial charge in [-0.1, -0.05) is 24.3 Å². The van der Waals surface area contributed by atoms with Gasteiger partial charge in [0, 0.05) is 22.3 Å². The first-order chi connectivity index (χ1) is 12.5. The molecule has 1 amide bonds. The molecule has 0 atom stereocenters. The minimum atomic E-state index is -3.67. The predicted molar refractivity (Wildman–Crippen MR) is 106 cm³/mol. The summed E-state index contributed by atoms with van der Waals surface area (Å²) in [6, 6.07) is 18.5. The molecule has 3 aromatic rings. The zero-order valence-electron chi connectivity index (χ0n) is 13.6. The van der Waals surface area contributed by atoms with E-state index in [4.69, 9.17) is 0 Å². The number of sulfonamides is 1. The third-order valence-corrected chi connectivity index (χ3v) is 5.64. The van der Waals surface area contributed by atoms with Gasteiger partial charge in [0.15, 0.2) is 0 Å². The number of thiophene rings is 1. The first kappa shape index (κ1) is 17.9. The Morgan fingerprint density at radius 2 is 1.62 bits per heavy atom. The summed E-state index contributed by atoms with van der Waals surface area (Å²) in [6.07, 6.45) is 3.16. The Kier molecular flexibility index (Phi) is 5.50. The number of amides is 1. The lowest BCUT2D eigenvalue weighted by molar-refractivity contribution is -0.111. The minimum absolute atomic E-state index is 0.119. The monoisotopic (exact) mass is 384 g/mol. The van der Waals surface area contributed by atoms with Crippen LogP contribution in [0.2, 0.25) is 0 Å². The molecule has 132 valence electrons. The number of carbonyl (C=O) groups is 1. The van der Waals surface area contributed by atoms with Crippen LogP contribution in [0.5, 0.6) is 0 Å². The molecule has 0 aliphatic rings. The second-order valence-corrected chi connectivity index (χ2v) is 8.00. The van der Waals surface area contributed by atoms with Gasteiger partial charge in [-0.15, -0.1) is 11.3 Å². The van der Waals surface area contributed by atoms with Gasteiger partial charge in [-0.2, -0.15) is 0 Å². The van der Waals surface area contributed by atoms with Gasteiger partial charge < -0.3 is 5.32 Å². The topological polar surface area (TPSA) is 75.3 Å². The summed E-state index contributed by atoms with van der Waals surface area (Å²) in [5.41, 5.74) is 1.01. The Balaban J connectivity index is 1.65. The Bertz CT molecular complexity index is 995. The largest absolute Gasteiger partial charge is 0.323 e. The van der Waals surface area contributed by atoms with Crippen molar-refractivity contribution < 1.29 is 13.2 Å². The lowest BCUT2D eigenvalue weighted by Crippen LogP contribution is -2.13. The Morgan fingerprint density at radius 1 is 0.885 bits per heavy atom. The van der Waals surface area contributed by atoms with Crippen LogP contribution in [0.15, 0.2) is 83.1 Å². The SMILES string of the molecule is O=C(C=Cc1cccs1)Nc1ccc(S(=O)(=O)Nc2ccccc2)cc1. The van der Waals surface area contributed by atoms with E-state index >= 15 is 0 Å². The van der Waals surface area contributed by atoms with Gasteiger partial charge in [0.25, 0.3) is 10.0 Å². The minimum Gasteiger partial charge on any atom is -0.323 e. The van der Waals surface area contributed by atoms with Crippen molar-refractivity contribution in [1.29, 1.82) is 0 Å². The second-order valence-electron chi connectivity index (χ2n) is 5.33. The van der Waals surface area contributed by atoms with E-state index in [2.05, 4.69) is 10.0 Å². The number of para-hydroxylation sites is 1. The van der Waals surface area contributed by atoms with E-state index in [1.807, 2.05) is 23.6 Å². The molecule has 0 radical (unpaired) electrons. The maximum Gasteiger partial charge on any atom is 0.261 e. The zero-order valence-corrected chi connectivity index (χ0v) is 15.3. The van der Waals surface area contributed by atoms with Crippen LogP contribution in [0.1, 0.15) is 4.88 Å². The van der Waals surface area contributed by atoms with E-state index in [0.29, 0.717) is 11.4 Å². The molecule has 3 rings (SSSR count). The van der Waals surface area contributed by atoms with Crippen LogP contribution in [0.3, 0.4) is 0 Å². The molecule has 26 heavy (non-hydrogen) atoms. The molecule has 0 bridgehead atoms. The number of rotatable bonds is 6. The van der Waals surface area contributed by atoms with Crippen molar-refractivity contribution in [1.82, 2.24) is 0 Å². The first-order valence-corrected chi connectivity index (χ1v) is 10.1. The normalized spacial score (nSPS) is 11.4. The van der Waals surface area contributed by atoms with Crippen LogP contribution in [0, 0.1) is 0 Å². The van der Waals surface area contributed by atoms with Crippen molar-refractivity contribution in [2.45, 2.75) is 4.90 Å². The van der Waals surface area contributed by atoms with Crippen molar-refractivity contribution in [3.05, 3.63) is 83.1 Å².